The lowest BCUT2D eigenvalue weighted by Gasteiger charge is -2.12. The maximum absolute atomic E-state index is 4.25. The summed E-state index contributed by atoms with van der Waals surface area (Å²) in [7, 11) is 4.29. The molecule has 2 nitrogen and oxygen atoms in total. The molecule has 2 heteroatoms. The van der Waals surface area contributed by atoms with Crippen molar-refractivity contribution in [2.24, 2.45) is 0 Å². The maximum Gasteiger partial charge on any atom is 0.0494 e. The SMILES string of the molecule is C=C1CCc2c1ccc1c2c2ccccc2n1CCCN(C)C. The first-order chi connectivity index (χ1) is 11.2. The fraction of sp³-hybridized carbons (Fsp3) is 0.333. The monoisotopic (exact) mass is 304 g/mol. The standard InChI is InChI=1S/C21H24N2/c1-15-9-10-17-16(15)11-12-20-21(17)18-7-4-5-8-19(18)23(20)14-6-13-22(2)3/h4-5,7-8,11-12H,1,6,9-10,13-14H2,2-3H3. The van der Waals surface area contributed by atoms with E-state index in [0.29, 0.717) is 0 Å². The summed E-state index contributed by atoms with van der Waals surface area (Å²) in [5.74, 6) is 0. The molecule has 0 atom stereocenters. The smallest absolute Gasteiger partial charge is 0.0494 e. The molecule has 1 aromatic heterocycles. The molecule has 2 aromatic carbocycles. The van der Waals surface area contributed by atoms with E-state index >= 15 is 0 Å². The summed E-state index contributed by atoms with van der Waals surface area (Å²) in [5.41, 5.74) is 6.95. The van der Waals surface area contributed by atoms with Gasteiger partial charge >= 0.3 is 0 Å². The van der Waals surface area contributed by atoms with Gasteiger partial charge in [0.15, 0.2) is 0 Å². The molecule has 0 N–H and O–H groups in total. The molecule has 1 heterocycles. The first kappa shape index (κ1) is 14.5. The van der Waals surface area contributed by atoms with E-state index in [1.807, 2.05) is 0 Å². The van der Waals surface area contributed by atoms with Crippen molar-refractivity contribution in [1.29, 1.82) is 0 Å². The molecule has 118 valence electrons. The first-order valence-electron chi connectivity index (χ1n) is 8.52. The number of hydrogen-bond donors (Lipinski definition) is 0. The van der Waals surface area contributed by atoms with E-state index < -0.39 is 0 Å². The molecule has 0 unspecified atom stereocenters. The molecule has 1 aliphatic rings. The highest BCUT2D eigenvalue weighted by Crippen LogP contribution is 2.40. The minimum absolute atomic E-state index is 1.07. The summed E-state index contributed by atoms with van der Waals surface area (Å²) in [6.07, 6.45) is 3.41. The van der Waals surface area contributed by atoms with Gasteiger partial charge in [0.2, 0.25) is 0 Å². The van der Waals surface area contributed by atoms with Crippen LogP contribution < -0.4 is 0 Å². The van der Waals surface area contributed by atoms with E-state index in [1.54, 1.807) is 0 Å². The Hall–Kier alpha value is -2.06. The van der Waals surface area contributed by atoms with Crippen molar-refractivity contribution in [3.8, 4) is 0 Å². The van der Waals surface area contributed by atoms with Gasteiger partial charge in [0.25, 0.3) is 0 Å². The van der Waals surface area contributed by atoms with Crippen LogP contribution in [0.2, 0.25) is 0 Å². The van der Waals surface area contributed by atoms with Crippen molar-refractivity contribution in [2.45, 2.75) is 25.8 Å². The van der Waals surface area contributed by atoms with Crippen LogP contribution in [0.25, 0.3) is 27.4 Å². The second-order valence-corrected chi connectivity index (χ2v) is 6.91. The van der Waals surface area contributed by atoms with Crippen LogP contribution in [-0.4, -0.2) is 30.1 Å². The third-order valence-corrected chi connectivity index (χ3v) is 5.09. The van der Waals surface area contributed by atoms with Gasteiger partial charge in [0.1, 0.15) is 0 Å². The van der Waals surface area contributed by atoms with Crippen LogP contribution in [0.1, 0.15) is 24.0 Å². The van der Waals surface area contributed by atoms with Crippen molar-refractivity contribution in [3.05, 3.63) is 54.1 Å². The fourth-order valence-corrected chi connectivity index (χ4v) is 4.00. The molecule has 0 fully saturated rings. The van der Waals surface area contributed by atoms with E-state index in [0.717, 1.165) is 25.9 Å². The van der Waals surface area contributed by atoms with Crippen LogP contribution >= 0.6 is 0 Å². The topological polar surface area (TPSA) is 8.17 Å². The Morgan fingerprint density at radius 2 is 1.87 bits per heavy atom. The van der Waals surface area contributed by atoms with E-state index in [1.165, 1.54) is 44.9 Å². The largest absolute Gasteiger partial charge is 0.340 e. The van der Waals surface area contributed by atoms with Gasteiger partial charge in [-0.3, -0.25) is 0 Å². The molecule has 23 heavy (non-hydrogen) atoms. The Balaban J connectivity index is 1.93. The van der Waals surface area contributed by atoms with E-state index in [2.05, 4.69) is 66.5 Å². The van der Waals surface area contributed by atoms with E-state index in [9.17, 15) is 0 Å². The zero-order valence-corrected chi connectivity index (χ0v) is 14.1. The Morgan fingerprint density at radius 3 is 2.70 bits per heavy atom. The van der Waals surface area contributed by atoms with Crippen LogP contribution in [0, 0.1) is 0 Å². The molecule has 3 aromatic rings. The van der Waals surface area contributed by atoms with E-state index in [4.69, 9.17) is 0 Å². The molecule has 0 saturated carbocycles. The summed E-state index contributed by atoms with van der Waals surface area (Å²) >= 11 is 0. The molecular weight excluding hydrogens is 280 g/mol. The van der Waals surface area contributed by atoms with Crippen LogP contribution in [0.4, 0.5) is 0 Å². The molecule has 4 rings (SSSR count). The molecule has 0 amide bonds. The molecule has 0 aliphatic heterocycles. The summed E-state index contributed by atoms with van der Waals surface area (Å²) in [4.78, 5) is 2.26. The molecule has 0 saturated heterocycles. The van der Waals surface area contributed by atoms with Gasteiger partial charge in [-0.05, 0) is 68.7 Å². The average Bonchev–Trinajstić information content (AvgIpc) is 3.06. The minimum Gasteiger partial charge on any atom is -0.340 e. The summed E-state index contributed by atoms with van der Waals surface area (Å²) in [6, 6.07) is 13.5. The quantitative estimate of drug-likeness (QED) is 0.678. The van der Waals surface area contributed by atoms with Gasteiger partial charge in [-0.25, -0.2) is 0 Å². The second-order valence-electron chi connectivity index (χ2n) is 6.91. The van der Waals surface area contributed by atoms with Crippen molar-refractivity contribution < 1.29 is 0 Å². The van der Waals surface area contributed by atoms with Crippen molar-refractivity contribution in [2.75, 3.05) is 20.6 Å². The van der Waals surface area contributed by atoms with Gasteiger partial charge in [0.05, 0.1) is 0 Å². The molecule has 0 spiro atoms. The fourth-order valence-electron chi connectivity index (χ4n) is 4.00. The average molecular weight is 304 g/mol. The van der Waals surface area contributed by atoms with Gasteiger partial charge in [-0.1, -0.05) is 30.8 Å². The lowest BCUT2D eigenvalue weighted by molar-refractivity contribution is 0.389. The highest BCUT2D eigenvalue weighted by atomic mass is 15.1. The number of para-hydroxylation sites is 1. The number of benzene rings is 2. The number of allylic oxidation sites excluding steroid dienone is 1. The predicted molar refractivity (Wildman–Crippen MR) is 100.0 cm³/mol. The van der Waals surface area contributed by atoms with Crippen LogP contribution in [-0.2, 0) is 13.0 Å². The number of fused-ring (bicyclic) bond motifs is 5. The summed E-state index contributed by atoms with van der Waals surface area (Å²) in [6.45, 7) is 6.44. The van der Waals surface area contributed by atoms with E-state index in [-0.39, 0.29) is 0 Å². The van der Waals surface area contributed by atoms with Gasteiger partial charge < -0.3 is 9.47 Å². The minimum atomic E-state index is 1.07. The Kier molecular flexibility index (Phi) is 3.50. The van der Waals surface area contributed by atoms with Crippen molar-refractivity contribution in [1.82, 2.24) is 9.47 Å². The lowest BCUT2D eigenvalue weighted by Crippen LogP contribution is -2.15. The van der Waals surface area contributed by atoms with Gasteiger partial charge in [-0.15, -0.1) is 0 Å². The second kappa shape index (κ2) is 5.54. The van der Waals surface area contributed by atoms with Crippen molar-refractivity contribution >= 4 is 27.4 Å². The number of nitrogens with zero attached hydrogens (tertiary/aromatic N) is 2. The third-order valence-electron chi connectivity index (χ3n) is 5.09. The third kappa shape index (κ3) is 2.29. The normalized spacial score (nSPS) is 14.3. The zero-order chi connectivity index (χ0) is 16.0. The molecule has 0 bridgehead atoms. The number of aromatic nitrogens is 1. The predicted octanol–water partition coefficient (Wildman–Crippen LogP) is 4.71. The van der Waals surface area contributed by atoms with Crippen LogP contribution in [0.3, 0.4) is 0 Å². The summed E-state index contributed by atoms with van der Waals surface area (Å²) in [5, 5.41) is 2.86. The lowest BCUT2D eigenvalue weighted by atomic mass is 10.0. The maximum atomic E-state index is 4.25. The molecule has 0 radical (unpaired) electrons. The molecule has 1 aliphatic carbocycles. The van der Waals surface area contributed by atoms with Gasteiger partial charge in [0, 0.05) is 28.4 Å². The molecular formula is C21H24N2. The summed E-state index contributed by atoms with van der Waals surface area (Å²) < 4.78 is 2.51. The Bertz CT molecular complexity index is 899. The van der Waals surface area contributed by atoms with Crippen molar-refractivity contribution in [3.63, 3.8) is 0 Å². The zero-order valence-electron chi connectivity index (χ0n) is 14.1. The first-order valence-corrected chi connectivity index (χ1v) is 8.52. The highest BCUT2D eigenvalue weighted by molar-refractivity contribution is 6.11. The van der Waals surface area contributed by atoms with Crippen LogP contribution in [0.15, 0.2) is 43.0 Å². The Labute approximate surface area is 138 Å². The highest BCUT2D eigenvalue weighted by Gasteiger charge is 2.21. The number of rotatable bonds is 4. The van der Waals surface area contributed by atoms with Gasteiger partial charge in [-0.2, -0.15) is 0 Å². The Morgan fingerprint density at radius 1 is 1.04 bits per heavy atom. The number of aryl methyl sites for hydroxylation is 2. The number of hydrogen-bond acceptors (Lipinski definition) is 1. The van der Waals surface area contributed by atoms with Crippen LogP contribution in [0.5, 0.6) is 0 Å².